The predicted octanol–water partition coefficient (Wildman–Crippen LogP) is 4.43. The van der Waals surface area contributed by atoms with Gasteiger partial charge in [0, 0.05) is 5.69 Å². The molecule has 0 atom stereocenters. The minimum Gasteiger partial charge on any atom is -0.447 e. The van der Waals surface area contributed by atoms with Crippen LogP contribution in [0.25, 0.3) is 0 Å². The first-order chi connectivity index (χ1) is 15.0. The van der Waals surface area contributed by atoms with Crippen molar-refractivity contribution in [3.05, 3.63) is 76.7 Å². The van der Waals surface area contributed by atoms with E-state index in [2.05, 4.69) is 26.6 Å². The van der Waals surface area contributed by atoms with Crippen LogP contribution >= 0.6 is 15.9 Å². The molecule has 3 amide bonds. The van der Waals surface area contributed by atoms with Gasteiger partial charge in [-0.05, 0) is 57.9 Å². The van der Waals surface area contributed by atoms with E-state index in [4.69, 9.17) is 9.15 Å². The molecule has 0 unspecified atom stereocenters. The summed E-state index contributed by atoms with van der Waals surface area (Å²) >= 11 is 3.16. The molecular formula is C22H18BrN3O5. The largest absolute Gasteiger partial charge is 0.447 e. The lowest BCUT2D eigenvalue weighted by molar-refractivity contribution is -0.115. The second kappa shape index (κ2) is 9.05. The molecule has 1 saturated heterocycles. The van der Waals surface area contributed by atoms with Crippen molar-refractivity contribution < 1.29 is 23.5 Å². The normalized spacial score (nSPS) is 13.1. The van der Waals surface area contributed by atoms with E-state index in [1.807, 2.05) is 0 Å². The average Bonchev–Trinajstić information content (AvgIpc) is 3.38. The maximum atomic E-state index is 12.5. The van der Waals surface area contributed by atoms with Gasteiger partial charge >= 0.3 is 6.09 Å². The third-order valence-corrected chi connectivity index (χ3v) is 5.03. The average molecular weight is 484 g/mol. The number of nitrogens with one attached hydrogen (secondary N) is 2. The van der Waals surface area contributed by atoms with Gasteiger partial charge in [-0.3, -0.25) is 14.5 Å². The van der Waals surface area contributed by atoms with Crippen molar-refractivity contribution in [3.8, 4) is 0 Å². The van der Waals surface area contributed by atoms with Gasteiger partial charge in [-0.2, -0.15) is 0 Å². The zero-order valence-electron chi connectivity index (χ0n) is 16.3. The summed E-state index contributed by atoms with van der Waals surface area (Å²) in [5.74, 6) is -0.402. The molecule has 2 N–H and O–H groups in total. The van der Waals surface area contributed by atoms with Crippen LogP contribution in [0.4, 0.5) is 21.9 Å². The van der Waals surface area contributed by atoms with E-state index in [0.717, 1.165) is 5.56 Å². The lowest BCUT2D eigenvalue weighted by atomic mass is 10.1. The molecule has 0 aliphatic carbocycles. The Labute approximate surface area is 186 Å². The molecule has 1 aromatic heterocycles. The SMILES string of the molecule is O=C(Cc1ccc(NC(=O)c2ccc(Br)o2)cc1)Nc1ccccc1N1CCOC1=O. The molecule has 31 heavy (non-hydrogen) atoms. The number of amides is 3. The topological polar surface area (TPSA) is 101 Å². The van der Waals surface area contributed by atoms with Gasteiger partial charge in [0.1, 0.15) is 6.61 Å². The molecular weight excluding hydrogens is 466 g/mol. The lowest BCUT2D eigenvalue weighted by Crippen LogP contribution is -2.25. The number of cyclic esters (lactones) is 1. The molecule has 0 spiro atoms. The van der Waals surface area contributed by atoms with Gasteiger partial charge in [0.05, 0.1) is 24.3 Å². The first kappa shape index (κ1) is 20.7. The molecule has 3 aromatic rings. The molecule has 1 aliphatic rings. The summed E-state index contributed by atoms with van der Waals surface area (Å²) in [6, 6.07) is 17.2. The fraction of sp³-hybridized carbons (Fsp3) is 0.136. The van der Waals surface area contributed by atoms with Crippen molar-refractivity contribution in [2.75, 3.05) is 28.7 Å². The number of furan rings is 1. The highest BCUT2D eigenvalue weighted by atomic mass is 79.9. The molecule has 1 fully saturated rings. The third kappa shape index (κ3) is 4.95. The Kier molecular flexibility index (Phi) is 6.03. The van der Waals surface area contributed by atoms with Crippen LogP contribution in [0, 0.1) is 0 Å². The summed E-state index contributed by atoms with van der Waals surface area (Å²) in [6.45, 7) is 0.759. The van der Waals surface area contributed by atoms with E-state index in [-0.39, 0.29) is 24.0 Å². The Bertz CT molecular complexity index is 1130. The van der Waals surface area contributed by atoms with Crippen LogP contribution in [-0.2, 0) is 16.0 Å². The summed E-state index contributed by atoms with van der Waals surface area (Å²) in [6.07, 6.45) is -0.292. The number of nitrogens with zero attached hydrogens (tertiary/aromatic N) is 1. The molecule has 2 aromatic carbocycles. The first-order valence-electron chi connectivity index (χ1n) is 9.48. The first-order valence-corrected chi connectivity index (χ1v) is 10.3. The van der Waals surface area contributed by atoms with Gasteiger partial charge in [-0.25, -0.2) is 4.79 Å². The van der Waals surface area contributed by atoms with Crippen molar-refractivity contribution in [2.24, 2.45) is 0 Å². The Morgan fingerprint density at radius 2 is 1.77 bits per heavy atom. The number of para-hydroxylation sites is 2. The Hall–Kier alpha value is -3.59. The summed E-state index contributed by atoms with van der Waals surface area (Å²) < 4.78 is 10.7. The fourth-order valence-corrected chi connectivity index (χ4v) is 3.45. The van der Waals surface area contributed by atoms with Gasteiger partial charge in [-0.1, -0.05) is 24.3 Å². The monoisotopic (exact) mass is 483 g/mol. The minimum atomic E-state index is -0.429. The van der Waals surface area contributed by atoms with Gasteiger partial charge < -0.3 is 19.8 Å². The quantitative estimate of drug-likeness (QED) is 0.539. The Balaban J connectivity index is 1.37. The number of benzene rings is 2. The molecule has 2 heterocycles. The van der Waals surface area contributed by atoms with E-state index in [1.54, 1.807) is 60.7 Å². The molecule has 158 valence electrons. The zero-order chi connectivity index (χ0) is 21.8. The van der Waals surface area contributed by atoms with Crippen LogP contribution in [0.2, 0.25) is 0 Å². The van der Waals surface area contributed by atoms with Crippen LogP contribution in [0.1, 0.15) is 16.1 Å². The molecule has 9 heteroatoms. The maximum absolute atomic E-state index is 12.5. The van der Waals surface area contributed by atoms with Crippen LogP contribution in [0.15, 0.2) is 69.8 Å². The van der Waals surface area contributed by atoms with Crippen molar-refractivity contribution in [1.82, 2.24) is 0 Å². The number of anilines is 3. The smallest absolute Gasteiger partial charge is 0.414 e. The Morgan fingerprint density at radius 1 is 1.00 bits per heavy atom. The van der Waals surface area contributed by atoms with E-state index in [0.29, 0.717) is 34.9 Å². The van der Waals surface area contributed by atoms with Crippen LogP contribution < -0.4 is 15.5 Å². The second-order valence-electron chi connectivity index (χ2n) is 6.76. The fourth-order valence-electron chi connectivity index (χ4n) is 3.14. The molecule has 0 saturated carbocycles. The van der Waals surface area contributed by atoms with Crippen molar-refractivity contribution in [3.63, 3.8) is 0 Å². The molecule has 0 bridgehead atoms. The van der Waals surface area contributed by atoms with Gasteiger partial charge in [0.25, 0.3) is 5.91 Å². The minimum absolute atomic E-state index is 0.137. The number of hydrogen-bond donors (Lipinski definition) is 2. The number of carbonyl (C=O) groups excluding carboxylic acids is 3. The van der Waals surface area contributed by atoms with Crippen LogP contribution in [0.3, 0.4) is 0 Å². The zero-order valence-corrected chi connectivity index (χ0v) is 17.8. The highest BCUT2D eigenvalue weighted by Crippen LogP contribution is 2.28. The number of halogens is 1. The summed E-state index contributed by atoms with van der Waals surface area (Å²) in [4.78, 5) is 38.0. The lowest BCUT2D eigenvalue weighted by Gasteiger charge is -2.17. The van der Waals surface area contributed by atoms with E-state index < -0.39 is 6.09 Å². The summed E-state index contributed by atoms with van der Waals surface area (Å²) in [5.41, 5.74) is 2.50. The van der Waals surface area contributed by atoms with E-state index >= 15 is 0 Å². The van der Waals surface area contributed by atoms with Crippen LogP contribution in [-0.4, -0.2) is 31.1 Å². The Morgan fingerprint density at radius 3 is 2.45 bits per heavy atom. The van der Waals surface area contributed by atoms with E-state index in [9.17, 15) is 14.4 Å². The highest BCUT2D eigenvalue weighted by molar-refractivity contribution is 9.10. The highest BCUT2D eigenvalue weighted by Gasteiger charge is 2.25. The maximum Gasteiger partial charge on any atom is 0.414 e. The molecule has 0 radical (unpaired) electrons. The van der Waals surface area contributed by atoms with Crippen molar-refractivity contribution in [1.29, 1.82) is 0 Å². The molecule has 4 rings (SSSR count). The van der Waals surface area contributed by atoms with Crippen molar-refractivity contribution >= 4 is 50.9 Å². The predicted molar refractivity (Wildman–Crippen MR) is 118 cm³/mol. The standard InChI is InChI=1S/C22H18BrN3O5/c23-19-10-9-18(31-19)21(28)24-15-7-5-14(6-8-15)13-20(27)25-16-3-1-2-4-17(16)26-11-12-30-22(26)29/h1-10H,11-13H2,(H,24,28)(H,25,27). The number of carbonyl (C=O) groups is 3. The second-order valence-corrected chi connectivity index (χ2v) is 7.54. The van der Waals surface area contributed by atoms with Crippen molar-refractivity contribution in [2.45, 2.75) is 6.42 Å². The number of hydrogen-bond acceptors (Lipinski definition) is 5. The number of rotatable bonds is 6. The number of ether oxygens (including phenoxy) is 1. The van der Waals surface area contributed by atoms with Crippen LogP contribution in [0.5, 0.6) is 0 Å². The van der Waals surface area contributed by atoms with E-state index in [1.165, 1.54) is 4.90 Å². The third-order valence-electron chi connectivity index (χ3n) is 4.60. The van der Waals surface area contributed by atoms with Gasteiger partial charge in [-0.15, -0.1) is 0 Å². The summed E-state index contributed by atoms with van der Waals surface area (Å²) in [5, 5.41) is 5.58. The molecule has 8 nitrogen and oxygen atoms in total. The van der Waals surface area contributed by atoms with Gasteiger partial charge in [0.15, 0.2) is 10.4 Å². The summed E-state index contributed by atoms with van der Waals surface area (Å²) in [7, 11) is 0. The van der Waals surface area contributed by atoms with Gasteiger partial charge in [0.2, 0.25) is 5.91 Å². The molecule has 1 aliphatic heterocycles.